The lowest BCUT2D eigenvalue weighted by Gasteiger charge is -2.21. The Bertz CT molecular complexity index is 174. The van der Waals surface area contributed by atoms with Crippen LogP contribution in [0.5, 0.6) is 0 Å². The molecule has 8 heavy (non-hydrogen) atoms. The van der Waals surface area contributed by atoms with Crippen molar-refractivity contribution in [3.63, 3.8) is 0 Å². The highest BCUT2D eigenvalue weighted by Crippen LogP contribution is 2.28. The summed E-state index contributed by atoms with van der Waals surface area (Å²) in [5, 5.41) is 0. The van der Waals surface area contributed by atoms with E-state index in [1.54, 1.807) is 0 Å². The molecule has 0 aromatic carbocycles. The quantitative estimate of drug-likeness (QED) is 0.352. The Morgan fingerprint density at radius 1 is 1.25 bits per heavy atom. The van der Waals surface area contributed by atoms with Gasteiger partial charge in [-0.3, -0.25) is 0 Å². The van der Waals surface area contributed by atoms with Gasteiger partial charge in [0.2, 0.25) is 0 Å². The fourth-order valence-corrected chi connectivity index (χ4v) is 1.04. The van der Waals surface area contributed by atoms with E-state index in [2.05, 4.69) is 6.58 Å². The lowest BCUT2D eigenvalue weighted by Crippen LogP contribution is -2.14. The topological polar surface area (TPSA) is 0 Å². The van der Waals surface area contributed by atoms with Gasteiger partial charge in [-0.25, -0.2) is 0 Å². The molecule has 0 saturated carbocycles. The summed E-state index contributed by atoms with van der Waals surface area (Å²) in [7, 11) is 0. The molecule has 1 heteroatoms. The van der Waals surface area contributed by atoms with E-state index in [-0.39, 0.29) is 0 Å². The fourth-order valence-electron chi connectivity index (χ4n) is 0.731. The Kier molecular flexibility index (Phi) is 1.09. The Balaban J connectivity index is 3.08. The predicted octanol–water partition coefficient (Wildman–Crippen LogP) is 2.26. The molecule has 0 bridgehead atoms. The zero-order chi connectivity index (χ0) is 6.31. The molecule has 1 aliphatic carbocycles. The summed E-state index contributed by atoms with van der Waals surface area (Å²) in [5.41, 5.74) is 3.57. The lowest BCUT2D eigenvalue weighted by atomic mass is 9.86. The molecule has 1 rings (SSSR count). The van der Waals surface area contributed by atoms with Gasteiger partial charge in [0, 0.05) is 4.86 Å². The minimum atomic E-state index is 0.961. The second kappa shape index (κ2) is 1.52. The summed E-state index contributed by atoms with van der Waals surface area (Å²) in [4.78, 5) is 0.961. The third-order valence-electron chi connectivity index (χ3n) is 1.63. The lowest BCUT2D eigenvalue weighted by molar-refractivity contribution is 1.32. The highest BCUT2D eigenvalue weighted by molar-refractivity contribution is 7.81. The molecule has 0 nitrogen and oxygen atoms in total. The summed E-state index contributed by atoms with van der Waals surface area (Å²) in [6.07, 6.45) is 0. The molecule has 0 unspecified atom stereocenters. The molecule has 0 radical (unpaired) electrons. The van der Waals surface area contributed by atoms with Crippen LogP contribution in [0.25, 0.3) is 0 Å². The van der Waals surface area contributed by atoms with E-state index in [4.69, 9.17) is 12.2 Å². The van der Waals surface area contributed by atoms with Gasteiger partial charge >= 0.3 is 0 Å². The molecule has 1 aliphatic rings. The fraction of sp³-hybridized carbons (Fsp3) is 0.286. The van der Waals surface area contributed by atoms with E-state index < -0.39 is 0 Å². The minimum Gasteiger partial charge on any atom is -0.0900 e. The highest BCUT2D eigenvalue weighted by Gasteiger charge is 2.19. The van der Waals surface area contributed by atoms with Crippen molar-refractivity contribution in [2.75, 3.05) is 0 Å². The van der Waals surface area contributed by atoms with Crippen LogP contribution in [0.1, 0.15) is 13.8 Å². The van der Waals surface area contributed by atoms with Crippen molar-refractivity contribution in [2.45, 2.75) is 13.8 Å². The van der Waals surface area contributed by atoms with E-state index in [0.717, 1.165) is 10.4 Å². The van der Waals surface area contributed by atoms with Crippen molar-refractivity contribution in [1.82, 2.24) is 0 Å². The first-order chi connectivity index (χ1) is 3.64. The Morgan fingerprint density at radius 2 is 1.75 bits per heavy atom. The van der Waals surface area contributed by atoms with Gasteiger partial charge in [0.1, 0.15) is 0 Å². The van der Waals surface area contributed by atoms with Gasteiger partial charge in [-0.05, 0) is 30.6 Å². The first-order valence-electron chi connectivity index (χ1n) is 2.56. The number of allylic oxidation sites excluding steroid dienone is 3. The first kappa shape index (κ1) is 5.70. The summed E-state index contributed by atoms with van der Waals surface area (Å²) < 4.78 is 0. The third kappa shape index (κ3) is 0.480. The van der Waals surface area contributed by atoms with Gasteiger partial charge in [0.05, 0.1) is 0 Å². The highest BCUT2D eigenvalue weighted by atomic mass is 32.1. The maximum absolute atomic E-state index is 4.95. The Hall–Kier alpha value is -0.430. The van der Waals surface area contributed by atoms with Crippen LogP contribution in [-0.2, 0) is 0 Å². The summed E-state index contributed by atoms with van der Waals surface area (Å²) in [6.45, 7) is 7.86. The molecule has 0 spiro atoms. The van der Waals surface area contributed by atoms with Crippen LogP contribution in [0.3, 0.4) is 0 Å². The van der Waals surface area contributed by atoms with Crippen LogP contribution in [0, 0.1) is 0 Å². The Labute approximate surface area is 54.9 Å². The maximum Gasteiger partial charge on any atom is 0.0478 e. The molecule has 0 N–H and O–H groups in total. The molecule has 0 aliphatic heterocycles. The number of rotatable bonds is 0. The molecule has 0 aromatic heterocycles. The van der Waals surface area contributed by atoms with Crippen LogP contribution in [0.4, 0.5) is 0 Å². The first-order valence-corrected chi connectivity index (χ1v) is 2.97. The van der Waals surface area contributed by atoms with Crippen LogP contribution in [0.2, 0.25) is 0 Å². The average molecular weight is 124 g/mol. The summed E-state index contributed by atoms with van der Waals surface area (Å²) in [6, 6.07) is 0. The SMILES string of the molecule is C=C1C(=S)C(C)=C1C. The molecule has 42 valence electrons. The smallest absolute Gasteiger partial charge is 0.0478 e. The van der Waals surface area contributed by atoms with Crippen LogP contribution < -0.4 is 0 Å². The zero-order valence-corrected chi connectivity index (χ0v) is 5.93. The van der Waals surface area contributed by atoms with E-state index in [0.29, 0.717) is 0 Å². The van der Waals surface area contributed by atoms with Crippen molar-refractivity contribution in [3.8, 4) is 0 Å². The number of hydrogen-bond acceptors (Lipinski definition) is 1. The molecule has 0 aromatic rings. The van der Waals surface area contributed by atoms with Crippen LogP contribution in [-0.4, -0.2) is 4.86 Å². The van der Waals surface area contributed by atoms with Crippen molar-refractivity contribution >= 4 is 17.1 Å². The van der Waals surface area contributed by atoms with E-state index >= 15 is 0 Å². The normalized spacial score (nSPS) is 19.2. The predicted molar refractivity (Wildman–Crippen MR) is 40.1 cm³/mol. The van der Waals surface area contributed by atoms with Crippen molar-refractivity contribution in [1.29, 1.82) is 0 Å². The molecule has 0 heterocycles. The van der Waals surface area contributed by atoms with Crippen molar-refractivity contribution in [3.05, 3.63) is 23.3 Å². The minimum absolute atomic E-state index is 0.961. The van der Waals surface area contributed by atoms with Crippen LogP contribution in [0.15, 0.2) is 23.3 Å². The summed E-state index contributed by atoms with van der Waals surface area (Å²) in [5.74, 6) is 0. The molecular formula is C7H8S. The van der Waals surface area contributed by atoms with Gasteiger partial charge < -0.3 is 0 Å². The van der Waals surface area contributed by atoms with Gasteiger partial charge in [0.15, 0.2) is 0 Å². The average Bonchev–Trinajstić information content (AvgIpc) is 1.83. The van der Waals surface area contributed by atoms with Gasteiger partial charge in [-0.1, -0.05) is 18.8 Å². The second-order valence-corrected chi connectivity index (χ2v) is 2.47. The van der Waals surface area contributed by atoms with E-state index in [9.17, 15) is 0 Å². The molecule has 0 saturated heterocycles. The monoisotopic (exact) mass is 124 g/mol. The molecule has 0 amide bonds. The third-order valence-corrected chi connectivity index (χ3v) is 2.18. The van der Waals surface area contributed by atoms with Gasteiger partial charge in [-0.2, -0.15) is 0 Å². The number of thiocarbonyl (C=S) groups is 1. The van der Waals surface area contributed by atoms with Crippen molar-refractivity contribution < 1.29 is 0 Å². The van der Waals surface area contributed by atoms with E-state index in [1.807, 2.05) is 13.8 Å². The maximum atomic E-state index is 4.95. The van der Waals surface area contributed by atoms with Crippen molar-refractivity contribution in [2.24, 2.45) is 0 Å². The van der Waals surface area contributed by atoms with Gasteiger partial charge in [-0.15, -0.1) is 0 Å². The molecule has 0 fully saturated rings. The van der Waals surface area contributed by atoms with Gasteiger partial charge in [0.25, 0.3) is 0 Å². The second-order valence-electron chi connectivity index (χ2n) is 2.06. The zero-order valence-electron chi connectivity index (χ0n) is 5.12. The number of hydrogen-bond donors (Lipinski definition) is 0. The molecule has 0 atom stereocenters. The largest absolute Gasteiger partial charge is 0.0900 e. The van der Waals surface area contributed by atoms with Crippen LogP contribution >= 0.6 is 12.2 Å². The standard InChI is InChI=1S/C7H8S/c1-4-5(2)7(8)6(4)3/h2H2,1,3H3. The summed E-state index contributed by atoms with van der Waals surface area (Å²) >= 11 is 4.95. The van der Waals surface area contributed by atoms with E-state index in [1.165, 1.54) is 11.1 Å². The molecular weight excluding hydrogens is 116 g/mol. The Morgan fingerprint density at radius 3 is 1.88 bits per heavy atom.